The average molecular weight is 231 g/mol. The maximum absolute atomic E-state index is 10.2. The van der Waals surface area contributed by atoms with Crippen molar-refractivity contribution in [1.29, 1.82) is 0 Å². The monoisotopic (exact) mass is 230 g/mol. The number of carbonyl (C=O) groups excluding carboxylic acids is 1. The SMILES string of the molecule is CCCCCCCCCCC=C(Cl)C=O. The van der Waals surface area contributed by atoms with Gasteiger partial charge in [-0.2, -0.15) is 0 Å². The van der Waals surface area contributed by atoms with E-state index in [1.807, 2.05) is 6.08 Å². The maximum Gasteiger partial charge on any atom is 0.161 e. The summed E-state index contributed by atoms with van der Waals surface area (Å²) in [5.74, 6) is 0. The summed E-state index contributed by atoms with van der Waals surface area (Å²) in [7, 11) is 0. The molecule has 0 aliphatic rings. The molecule has 0 spiro atoms. The summed E-state index contributed by atoms with van der Waals surface area (Å²) < 4.78 is 0. The van der Waals surface area contributed by atoms with Crippen LogP contribution in [0.2, 0.25) is 0 Å². The highest BCUT2D eigenvalue weighted by atomic mass is 35.5. The Labute approximate surface area is 98.9 Å². The molecule has 0 rings (SSSR count). The molecule has 0 heterocycles. The lowest BCUT2D eigenvalue weighted by Gasteiger charge is -1.99. The number of carbonyl (C=O) groups is 1. The van der Waals surface area contributed by atoms with E-state index in [0.29, 0.717) is 11.3 Å². The Balaban J connectivity index is 3.08. The topological polar surface area (TPSA) is 17.1 Å². The molecule has 0 saturated heterocycles. The van der Waals surface area contributed by atoms with Gasteiger partial charge in [-0.1, -0.05) is 69.5 Å². The second-order valence-corrected chi connectivity index (χ2v) is 4.41. The fraction of sp³-hybridized carbons (Fsp3) is 0.769. The number of rotatable bonds is 10. The van der Waals surface area contributed by atoms with E-state index in [9.17, 15) is 4.79 Å². The maximum atomic E-state index is 10.2. The van der Waals surface area contributed by atoms with E-state index >= 15 is 0 Å². The van der Waals surface area contributed by atoms with Gasteiger partial charge in [0.15, 0.2) is 6.29 Å². The van der Waals surface area contributed by atoms with Crippen molar-refractivity contribution in [2.45, 2.75) is 64.7 Å². The Morgan fingerprint density at radius 1 is 1.00 bits per heavy atom. The highest BCUT2D eigenvalue weighted by Crippen LogP contribution is 2.10. The lowest BCUT2D eigenvalue weighted by Crippen LogP contribution is -1.80. The lowest BCUT2D eigenvalue weighted by molar-refractivity contribution is -0.104. The molecule has 0 aromatic rings. The smallest absolute Gasteiger partial charge is 0.161 e. The van der Waals surface area contributed by atoms with Crippen LogP contribution in [-0.4, -0.2) is 6.29 Å². The van der Waals surface area contributed by atoms with Gasteiger partial charge >= 0.3 is 0 Å². The van der Waals surface area contributed by atoms with Crippen molar-refractivity contribution in [1.82, 2.24) is 0 Å². The van der Waals surface area contributed by atoms with Crippen LogP contribution in [0.3, 0.4) is 0 Å². The van der Waals surface area contributed by atoms with Gasteiger partial charge < -0.3 is 0 Å². The van der Waals surface area contributed by atoms with Gasteiger partial charge in [0.1, 0.15) is 0 Å². The van der Waals surface area contributed by atoms with Gasteiger partial charge in [-0.05, 0) is 12.8 Å². The van der Waals surface area contributed by atoms with Crippen LogP contribution in [0.1, 0.15) is 64.7 Å². The van der Waals surface area contributed by atoms with Gasteiger partial charge in [0.25, 0.3) is 0 Å². The first kappa shape index (κ1) is 14.7. The third-order valence-corrected chi connectivity index (χ3v) is 2.75. The first-order chi connectivity index (χ1) is 7.31. The molecular formula is C13H23ClO. The van der Waals surface area contributed by atoms with Gasteiger partial charge in [0.05, 0.1) is 5.03 Å². The summed E-state index contributed by atoms with van der Waals surface area (Å²) in [6.45, 7) is 2.24. The number of halogens is 1. The highest BCUT2D eigenvalue weighted by molar-refractivity contribution is 6.38. The minimum Gasteiger partial charge on any atom is -0.297 e. The van der Waals surface area contributed by atoms with Gasteiger partial charge in [-0.15, -0.1) is 0 Å². The second kappa shape index (κ2) is 11.8. The summed E-state index contributed by atoms with van der Waals surface area (Å²) >= 11 is 5.56. The fourth-order valence-corrected chi connectivity index (χ4v) is 1.68. The van der Waals surface area contributed by atoms with E-state index in [0.717, 1.165) is 12.8 Å². The minimum atomic E-state index is 0.345. The molecule has 0 radical (unpaired) electrons. The first-order valence-electron chi connectivity index (χ1n) is 6.12. The van der Waals surface area contributed by atoms with Crippen molar-refractivity contribution in [3.8, 4) is 0 Å². The molecule has 0 unspecified atom stereocenters. The highest BCUT2D eigenvalue weighted by Gasteiger charge is 1.91. The van der Waals surface area contributed by atoms with E-state index in [2.05, 4.69) is 6.92 Å². The van der Waals surface area contributed by atoms with E-state index in [1.54, 1.807) is 0 Å². The normalized spacial score (nSPS) is 11.7. The Kier molecular flexibility index (Phi) is 11.5. The minimum absolute atomic E-state index is 0.345. The molecule has 0 aliphatic heterocycles. The summed E-state index contributed by atoms with van der Waals surface area (Å²) in [6, 6.07) is 0. The molecule has 15 heavy (non-hydrogen) atoms. The molecule has 88 valence electrons. The summed E-state index contributed by atoms with van der Waals surface area (Å²) in [5, 5.41) is 0.345. The van der Waals surface area contributed by atoms with Crippen LogP contribution in [0.25, 0.3) is 0 Å². The molecule has 1 nitrogen and oxygen atoms in total. The van der Waals surface area contributed by atoms with Crippen LogP contribution in [0.4, 0.5) is 0 Å². The molecular weight excluding hydrogens is 208 g/mol. The lowest BCUT2D eigenvalue weighted by atomic mass is 10.1. The Morgan fingerprint density at radius 2 is 1.53 bits per heavy atom. The largest absolute Gasteiger partial charge is 0.297 e. The van der Waals surface area contributed by atoms with Crippen LogP contribution >= 0.6 is 11.6 Å². The van der Waals surface area contributed by atoms with Crippen LogP contribution in [0.5, 0.6) is 0 Å². The summed E-state index contributed by atoms with van der Waals surface area (Å²) in [4.78, 5) is 10.2. The van der Waals surface area contributed by atoms with Crippen molar-refractivity contribution >= 4 is 17.9 Å². The Morgan fingerprint density at radius 3 is 2.07 bits per heavy atom. The molecule has 0 atom stereocenters. The quantitative estimate of drug-likeness (QED) is 0.298. The van der Waals surface area contributed by atoms with Crippen LogP contribution < -0.4 is 0 Å². The molecule has 2 heteroatoms. The number of hydrogen-bond donors (Lipinski definition) is 0. The fourth-order valence-electron chi connectivity index (χ4n) is 1.57. The van der Waals surface area contributed by atoms with Crippen LogP contribution in [-0.2, 0) is 4.79 Å². The van der Waals surface area contributed by atoms with E-state index in [4.69, 9.17) is 11.6 Å². The van der Waals surface area contributed by atoms with Crippen molar-refractivity contribution < 1.29 is 4.79 Å². The Bertz CT molecular complexity index is 175. The summed E-state index contributed by atoms with van der Waals surface area (Å²) in [5.41, 5.74) is 0. The van der Waals surface area contributed by atoms with Gasteiger partial charge in [0, 0.05) is 0 Å². The number of allylic oxidation sites excluding steroid dienone is 2. The van der Waals surface area contributed by atoms with Crippen molar-refractivity contribution in [3.63, 3.8) is 0 Å². The number of unbranched alkanes of at least 4 members (excludes halogenated alkanes) is 8. The summed E-state index contributed by atoms with van der Waals surface area (Å²) in [6.07, 6.45) is 14.0. The number of hydrogen-bond acceptors (Lipinski definition) is 1. The van der Waals surface area contributed by atoms with E-state index < -0.39 is 0 Å². The molecule has 0 aliphatic carbocycles. The molecule has 0 aromatic heterocycles. The van der Waals surface area contributed by atoms with Crippen molar-refractivity contribution in [3.05, 3.63) is 11.1 Å². The Hall–Kier alpha value is -0.300. The van der Waals surface area contributed by atoms with E-state index in [1.165, 1.54) is 44.9 Å². The molecule has 0 amide bonds. The van der Waals surface area contributed by atoms with Crippen LogP contribution in [0, 0.1) is 0 Å². The molecule has 0 fully saturated rings. The molecule has 0 N–H and O–H groups in total. The molecule has 0 bridgehead atoms. The average Bonchev–Trinajstić information content (AvgIpc) is 2.26. The third kappa shape index (κ3) is 11.6. The molecule has 0 aromatic carbocycles. The van der Waals surface area contributed by atoms with Gasteiger partial charge in [-0.3, -0.25) is 4.79 Å². The zero-order valence-corrected chi connectivity index (χ0v) is 10.6. The predicted molar refractivity (Wildman–Crippen MR) is 67.2 cm³/mol. The van der Waals surface area contributed by atoms with Crippen LogP contribution in [0.15, 0.2) is 11.1 Å². The first-order valence-corrected chi connectivity index (χ1v) is 6.50. The second-order valence-electron chi connectivity index (χ2n) is 3.97. The van der Waals surface area contributed by atoms with Gasteiger partial charge in [0.2, 0.25) is 0 Å². The third-order valence-electron chi connectivity index (χ3n) is 2.51. The predicted octanol–water partition coefficient (Wildman–Crippen LogP) is 4.84. The zero-order chi connectivity index (χ0) is 11.4. The molecule has 0 saturated carbocycles. The van der Waals surface area contributed by atoms with Gasteiger partial charge in [-0.25, -0.2) is 0 Å². The zero-order valence-electron chi connectivity index (χ0n) is 9.80. The standard InChI is InChI=1S/C13H23ClO/c1-2-3-4-5-6-7-8-9-10-11-13(14)12-15/h11-12H,2-10H2,1H3. The van der Waals surface area contributed by atoms with Crippen molar-refractivity contribution in [2.24, 2.45) is 0 Å². The van der Waals surface area contributed by atoms with E-state index in [-0.39, 0.29) is 0 Å². The van der Waals surface area contributed by atoms with Crippen molar-refractivity contribution in [2.75, 3.05) is 0 Å². The number of aldehydes is 1.